The Hall–Kier alpha value is -0.580. The van der Waals surface area contributed by atoms with E-state index in [9.17, 15) is 4.21 Å². The van der Waals surface area contributed by atoms with Gasteiger partial charge >= 0.3 is 0 Å². The Morgan fingerprint density at radius 1 is 1.55 bits per heavy atom. The van der Waals surface area contributed by atoms with Gasteiger partial charge in [0.1, 0.15) is 0 Å². The minimum absolute atomic E-state index is 0.256. The second-order valence-electron chi connectivity index (χ2n) is 1.93. The molecule has 0 bridgehead atoms. The number of rotatable bonds is 1. The predicted octanol–water partition coefficient (Wildman–Crippen LogP) is 1.50. The smallest absolute Gasteiger partial charge is 0.186 e. The van der Waals surface area contributed by atoms with Crippen LogP contribution >= 0.6 is 11.6 Å². The van der Waals surface area contributed by atoms with Gasteiger partial charge in [-0.1, -0.05) is 11.6 Å². The lowest BCUT2D eigenvalue weighted by Crippen LogP contribution is -1.91. The van der Waals surface area contributed by atoms with E-state index in [1.807, 2.05) is 0 Å². The van der Waals surface area contributed by atoms with Crippen molar-refractivity contribution in [3.05, 3.63) is 23.2 Å². The number of halogens is 1. The van der Waals surface area contributed by atoms with Crippen LogP contribution in [-0.4, -0.2) is 8.76 Å². The number of nitrogen functional groups attached to an aromatic ring is 1. The van der Waals surface area contributed by atoms with Crippen molar-refractivity contribution < 1.29 is 8.76 Å². The maximum absolute atomic E-state index is 10.5. The molecule has 0 aromatic heterocycles. The number of hydrogen-bond donors (Lipinski definition) is 2. The number of hydrogen-bond acceptors (Lipinski definition) is 2. The fourth-order valence-electron chi connectivity index (χ4n) is 0.630. The van der Waals surface area contributed by atoms with E-state index in [0.29, 0.717) is 10.7 Å². The molecule has 0 saturated carbocycles. The summed E-state index contributed by atoms with van der Waals surface area (Å²) in [7, 11) is 0. The zero-order valence-corrected chi connectivity index (χ0v) is 7.02. The van der Waals surface area contributed by atoms with Gasteiger partial charge in [-0.2, -0.15) is 0 Å². The van der Waals surface area contributed by atoms with Gasteiger partial charge in [0.25, 0.3) is 0 Å². The second kappa shape index (κ2) is 3.21. The van der Waals surface area contributed by atoms with E-state index in [2.05, 4.69) is 0 Å². The average Bonchev–Trinajstić information content (AvgIpc) is 1.94. The van der Waals surface area contributed by atoms with E-state index in [1.165, 1.54) is 18.2 Å². The molecular formula is C6H6ClNO2S. The first-order valence-corrected chi connectivity index (χ1v) is 4.25. The van der Waals surface area contributed by atoms with Crippen molar-refractivity contribution in [3.63, 3.8) is 0 Å². The lowest BCUT2D eigenvalue weighted by Gasteiger charge is -1.98. The molecule has 0 aliphatic carbocycles. The second-order valence-corrected chi connectivity index (χ2v) is 3.31. The molecule has 1 unspecified atom stereocenters. The molecule has 11 heavy (non-hydrogen) atoms. The molecule has 0 aliphatic rings. The van der Waals surface area contributed by atoms with Crippen molar-refractivity contribution >= 4 is 28.4 Å². The van der Waals surface area contributed by atoms with Gasteiger partial charge in [-0.05, 0) is 18.2 Å². The first-order chi connectivity index (χ1) is 5.11. The summed E-state index contributed by atoms with van der Waals surface area (Å²) in [5.41, 5.74) is 5.69. The summed E-state index contributed by atoms with van der Waals surface area (Å²) in [6.45, 7) is 0. The van der Waals surface area contributed by atoms with E-state index < -0.39 is 11.1 Å². The molecule has 0 aliphatic heterocycles. The lowest BCUT2D eigenvalue weighted by molar-refractivity contribution is 0.564. The van der Waals surface area contributed by atoms with Gasteiger partial charge in [0.05, 0.1) is 15.6 Å². The topological polar surface area (TPSA) is 63.3 Å². The van der Waals surface area contributed by atoms with Crippen molar-refractivity contribution in [1.82, 2.24) is 0 Å². The maximum atomic E-state index is 10.5. The predicted molar refractivity (Wildman–Crippen MR) is 44.9 cm³/mol. The Kier molecular flexibility index (Phi) is 2.49. The third kappa shape index (κ3) is 1.92. The van der Waals surface area contributed by atoms with Gasteiger partial charge < -0.3 is 10.3 Å². The van der Waals surface area contributed by atoms with E-state index in [1.54, 1.807) is 0 Å². The van der Waals surface area contributed by atoms with Crippen molar-refractivity contribution in [2.45, 2.75) is 4.90 Å². The number of benzene rings is 1. The Morgan fingerprint density at radius 3 is 2.64 bits per heavy atom. The van der Waals surface area contributed by atoms with Gasteiger partial charge in [-0.3, -0.25) is 0 Å². The lowest BCUT2D eigenvalue weighted by atomic mass is 10.3. The molecule has 0 spiro atoms. The van der Waals surface area contributed by atoms with Crippen LogP contribution in [0, 0.1) is 0 Å². The molecule has 5 heteroatoms. The highest BCUT2D eigenvalue weighted by Crippen LogP contribution is 2.20. The van der Waals surface area contributed by atoms with Gasteiger partial charge in [0.2, 0.25) is 0 Å². The molecule has 3 N–H and O–H groups in total. The highest BCUT2D eigenvalue weighted by atomic mass is 35.5. The summed E-state index contributed by atoms with van der Waals surface area (Å²) in [6.07, 6.45) is 0. The SMILES string of the molecule is Nc1cc(S(=O)O)ccc1Cl. The molecule has 1 atom stereocenters. The average molecular weight is 192 g/mol. The summed E-state index contributed by atoms with van der Waals surface area (Å²) in [5.74, 6) is 0. The molecule has 0 amide bonds. The molecule has 0 fully saturated rings. The molecule has 1 aromatic carbocycles. The molecule has 60 valence electrons. The van der Waals surface area contributed by atoms with Gasteiger partial charge in [0, 0.05) is 0 Å². The molecule has 0 radical (unpaired) electrons. The van der Waals surface area contributed by atoms with E-state index >= 15 is 0 Å². The van der Waals surface area contributed by atoms with Gasteiger partial charge in [0.15, 0.2) is 11.1 Å². The Balaban J connectivity index is 3.15. The Bertz CT molecular complexity index is 303. The van der Waals surface area contributed by atoms with Crippen LogP contribution in [0.2, 0.25) is 5.02 Å². The normalized spacial score (nSPS) is 12.9. The van der Waals surface area contributed by atoms with Gasteiger partial charge in [-0.25, -0.2) is 4.21 Å². The monoisotopic (exact) mass is 191 g/mol. The Labute approximate surface area is 71.5 Å². The fraction of sp³-hybridized carbons (Fsp3) is 0. The number of nitrogens with two attached hydrogens (primary N) is 1. The third-order valence-electron chi connectivity index (χ3n) is 1.17. The van der Waals surface area contributed by atoms with Crippen LogP contribution in [0.25, 0.3) is 0 Å². The summed E-state index contributed by atoms with van der Waals surface area (Å²) >= 11 is 3.59. The summed E-state index contributed by atoms with van der Waals surface area (Å²) in [4.78, 5) is 0.256. The van der Waals surface area contributed by atoms with Crippen LogP contribution in [0.1, 0.15) is 0 Å². The molecule has 0 saturated heterocycles. The van der Waals surface area contributed by atoms with Crippen LogP contribution in [0.4, 0.5) is 5.69 Å². The quantitative estimate of drug-likeness (QED) is 0.523. The standard InChI is InChI=1S/C6H6ClNO2S/c7-5-2-1-4(11(9)10)3-6(5)8/h1-3H,8H2,(H,9,10). The minimum atomic E-state index is -1.99. The fourth-order valence-corrected chi connectivity index (χ4v) is 1.16. The summed E-state index contributed by atoms with van der Waals surface area (Å²) in [6, 6.07) is 4.31. The Morgan fingerprint density at radius 2 is 2.18 bits per heavy atom. The van der Waals surface area contributed by atoms with Crippen LogP contribution in [0.15, 0.2) is 23.1 Å². The molecule has 3 nitrogen and oxygen atoms in total. The van der Waals surface area contributed by atoms with Crippen LogP contribution < -0.4 is 5.73 Å². The molecular weight excluding hydrogens is 186 g/mol. The minimum Gasteiger partial charge on any atom is -0.397 e. The third-order valence-corrected chi connectivity index (χ3v) is 2.17. The van der Waals surface area contributed by atoms with Crippen molar-refractivity contribution in [3.8, 4) is 0 Å². The first-order valence-electron chi connectivity index (χ1n) is 2.77. The van der Waals surface area contributed by atoms with Crippen LogP contribution in [0.3, 0.4) is 0 Å². The number of anilines is 1. The van der Waals surface area contributed by atoms with E-state index in [4.69, 9.17) is 21.9 Å². The van der Waals surface area contributed by atoms with Gasteiger partial charge in [-0.15, -0.1) is 0 Å². The summed E-state index contributed by atoms with van der Waals surface area (Å²) in [5, 5.41) is 0.388. The zero-order valence-electron chi connectivity index (χ0n) is 5.45. The molecule has 1 aromatic rings. The van der Waals surface area contributed by atoms with Crippen molar-refractivity contribution in [2.24, 2.45) is 0 Å². The van der Waals surface area contributed by atoms with Crippen molar-refractivity contribution in [1.29, 1.82) is 0 Å². The summed E-state index contributed by atoms with van der Waals surface area (Å²) < 4.78 is 19.1. The zero-order chi connectivity index (χ0) is 8.43. The molecule has 0 heterocycles. The van der Waals surface area contributed by atoms with E-state index in [0.717, 1.165) is 0 Å². The molecule has 1 rings (SSSR count). The maximum Gasteiger partial charge on any atom is 0.186 e. The first kappa shape index (κ1) is 8.52. The van der Waals surface area contributed by atoms with Crippen LogP contribution in [0.5, 0.6) is 0 Å². The largest absolute Gasteiger partial charge is 0.397 e. The van der Waals surface area contributed by atoms with E-state index in [-0.39, 0.29) is 4.90 Å². The highest BCUT2D eigenvalue weighted by Gasteiger charge is 2.01. The highest BCUT2D eigenvalue weighted by molar-refractivity contribution is 7.79. The van der Waals surface area contributed by atoms with Crippen molar-refractivity contribution in [2.75, 3.05) is 5.73 Å². The van der Waals surface area contributed by atoms with Crippen LogP contribution in [-0.2, 0) is 11.1 Å².